The van der Waals surface area contributed by atoms with Crippen molar-refractivity contribution in [3.05, 3.63) is 77.4 Å². The van der Waals surface area contributed by atoms with E-state index in [1.165, 1.54) is 14.2 Å². The van der Waals surface area contributed by atoms with Crippen molar-refractivity contribution >= 4 is 5.97 Å². The molecule has 0 aliphatic carbocycles. The van der Waals surface area contributed by atoms with Crippen molar-refractivity contribution in [2.24, 2.45) is 0 Å². The molecule has 0 amide bonds. The number of carbonyl (C=O) groups excluding carboxylic acids is 1. The van der Waals surface area contributed by atoms with Gasteiger partial charge in [0, 0.05) is 12.0 Å². The lowest BCUT2D eigenvalue weighted by Crippen LogP contribution is -2.02. The van der Waals surface area contributed by atoms with Crippen molar-refractivity contribution in [2.75, 3.05) is 20.8 Å². The zero-order valence-electron chi connectivity index (χ0n) is 21.4. The van der Waals surface area contributed by atoms with E-state index in [1.54, 1.807) is 12.1 Å². The van der Waals surface area contributed by atoms with Crippen LogP contribution in [0.1, 0.15) is 42.9 Å². The van der Waals surface area contributed by atoms with Crippen LogP contribution in [0.2, 0.25) is 0 Å². The monoisotopic (exact) mass is 494 g/mol. The Bertz CT molecular complexity index is 1130. The average molecular weight is 495 g/mol. The molecule has 0 bridgehead atoms. The fraction of sp³-hybridized carbons (Fsp3) is 0.345. The zero-order valence-corrected chi connectivity index (χ0v) is 21.4. The number of unbranched alkanes of at least 4 members (excludes halogenated alkanes) is 1. The SMILES string of the molecule is CCCCOOc1ccc(OOC)cc1-c1ccc(COc2cccc(CCC(=O)OC)c2)cc1C. The molecule has 0 aliphatic rings. The number of hydrogen-bond acceptors (Lipinski definition) is 7. The van der Waals surface area contributed by atoms with Gasteiger partial charge in [-0.05, 0) is 72.4 Å². The molecule has 0 atom stereocenters. The molecule has 36 heavy (non-hydrogen) atoms. The number of methoxy groups -OCH3 is 1. The van der Waals surface area contributed by atoms with Crippen LogP contribution in [0.3, 0.4) is 0 Å². The predicted octanol–water partition coefficient (Wildman–Crippen LogP) is 6.40. The van der Waals surface area contributed by atoms with E-state index in [0.29, 0.717) is 37.6 Å². The van der Waals surface area contributed by atoms with Gasteiger partial charge < -0.3 is 19.2 Å². The highest BCUT2D eigenvalue weighted by atomic mass is 17.2. The van der Waals surface area contributed by atoms with Crippen molar-refractivity contribution in [2.45, 2.75) is 46.1 Å². The predicted molar refractivity (Wildman–Crippen MR) is 137 cm³/mol. The summed E-state index contributed by atoms with van der Waals surface area (Å²) in [4.78, 5) is 32.5. The standard InChI is InChI=1S/C29H34O7/c1-5-6-16-34-36-28-14-12-25(35-32-4)19-27(28)26-13-10-23(17-21(26)2)20-33-24-9-7-8-22(18-24)11-15-29(30)31-3/h7-10,12-14,17-19H,5-6,11,15-16,20H2,1-4H3. The zero-order chi connectivity index (χ0) is 25.8. The summed E-state index contributed by atoms with van der Waals surface area (Å²) in [5.74, 6) is 1.69. The Labute approximate surface area is 212 Å². The summed E-state index contributed by atoms with van der Waals surface area (Å²) in [6.07, 6.45) is 2.89. The van der Waals surface area contributed by atoms with Crippen LogP contribution in [-0.2, 0) is 32.3 Å². The maximum atomic E-state index is 11.4. The molecule has 0 aliphatic heterocycles. The van der Waals surface area contributed by atoms with Crippen LogP contribution < -0.4 is 14.5 Å². The molecule has 3 aromatic carbocycles. The number of ether oxygens (including phenoxy) is 2. The number of benzene rings is 3. The van der Waals surface area contributed by atoms with E-state index in [-0.39, 0.29) is 5.97 Å². The lowest BCUT2D eigenvalue weighted by molar-refractivity contribution is -0.207. The van der Waals surface area contributed by atoms with E-state index in [2.05, 4.69) is 13.0 Å². The molecule has 3 rings (SSSR count). The van der Waals surface area contributed by atoms with Gasteiger partial charge >= 0.3 is 5.97 Å². The van der Waals surface area contributed by atoms with Crippen LogP contribution in [-0.4, -0.2) is 26.8 Å². The molecule has 0 aromatic heterocycles. The van der Waals surface area contributed by atoms with Gasteiger partial charge in [-0.2, -0.15) is 9.78 Å². The summed E-state index contributed by atoms with van der Waals surface area (Å²) < 4.78 is 10.7. The Morgan fingerprint density at radius 2 is 1.72 bits per heavy atom. The molecule has 0 unspecified atom stereocenters. The summed E-state index contributed by atoms with van der Waals surface area (Å²) in [7, 11) is 2.86. The largest absolute Gasteiger partial charge is 0.489 e. The number of carbonyl (C=O) groups is 1. The number of esters is 1. The first-order valence-corrected chi connectivity index (χ1v) is 12.1. The highest BCUT2D eigenvalue weighted by Crippen LogP contribution is 2.36. The third-order valence-electron chi connectivity index (χ3n) is 5.59. The highest BCUT2D eigenvalue weighted by molar-refractivity contribution is 5.75. The normalized spacial score (nSPS) is 10.7. The molecule has 0 fully saturated rings. The first kappa shape index (κ1) is 27.0. The third-order valence-corrected chi connectivity index (χ3v) is 5.59. The summed E-state index contributed by atoms with van der Waals surface area (Å²) in [6.45, 7) is 5.07. The van der Waals surface area contributed by atoms with Crippen molar-refractivity contribution in [1.82, 2.24) is 0 Å². The Morgan fingerprint density at radius 3 is 2.47 bits per heavy atom. The first-order valence-electron chi connectivity index (χ1n) is 12.1. The Morgan fingerprint density at radius 1 is 0.861 bits per heavy atom. The van der Waals surface area contributed by atoms with E-state index in [4.69, 9.17) is 29.0 Å². The van der Waals surface area contributed by atoms with Crippen LogP contribution in [0.25, 0.3) is 11.1 Å². The number of hydrogen-bond donors (Lipinski definition) is 0. The van der Waals surface area contributed by atoms with Crippen LogP contribution in [0, 0.1) is 6.92 Å². The number of aryl methyl sites for hydroxylation is 2. The summed E-state index contributed by atoms with van der Waals surface area (Å²) in [5.41, 5.74) is 4.93. The highest BCUT2D eigenvalue weighted by Gasteiger charge is 2.13. The maximum absolute atomic E-state index is 11.4. The second kappa shape index (κ2) is 14.1. The molecule has 0 saturated carbocycles. The van der Waals surface area contributed by atoms with Crippen LogP contribution in [0.5, 0.6) is 17.2 Å². The van der Waals surface area contributed by atoms with Crippen molar-refractivity contribution in [1.29, 1.82) is 0 Å². The fourth-order valence-electron chi connectivity index (χ4n) is 3.67. The van der Waals surface area contributed by atoms with Crippen LogP contribution >= 0.6 is 0 Å². The molecule has 7 nitrogen and oxygen atoms in total. The number of rotatable bonds is 14. The van der Waals surface area contributed by atoms with E-state index < -0.39 is 0 Å². The van der Waals surface area contributed by atoms with Crippen molar-refractivity contribution in [3.63, 3.8) is 0 Å². The molecule has 192 valence electrons. The quantitative estimate of drug-likeness (QED) is 0.111. The third kappa shape index (κ3) is 8.00. The maximum Gasteiger partial charge on any atom is 0.305 e. The first-order chi connectivity index (χ1) is 17.5. The van der Waals surface area contributed by atoms with Crippen LogP contribution in [0.15, 0.2) is 60.7 Å². The van der Waals surface area contributed by atoms with E-state index in [9.17, 15) is 4.79 Å². The van der Waals surface area contributed by atoms with Crippen molar-refractivity contribution < 1.29 is 33.8 Å². The molecule has 7 heteroatoms. The Hall–Kier alpha value is -3.55. The molecular formula is C29H34O7. The van der Waals surface area contributed by atoms with E-state index in [0.717, 1.165) is 46.4 Å². The van der Waals surface area contributed by atoms with E-state index >= 15 is 0 Å². The average Bonchev–Trinajstić information content (AvgIpc) is 2.89. The molecule has 3 aromatic rings. The fourth-order valence-corrected chi connectivity index (χ4v) is 3.67. The lowest BCUT2D eigenvalue weighted by Gasteiger charge is -2.15. The molecule has 0 spiro atoms. The van der Waals surface area contributed by atoms with Gasteiger partial charge in [0.15, 0.2) is 11.5 Å². The molecule has 0 radical (unpaired) electrons. The van der Waals surface area contributed by atoms with Gasteiger partial charge in [-0.15, -0.1) is 0 Å². The molecule has 0 saturated heterocycles. The minimum atomic E-state index is -0.225. The summed E-state index contributed by atoms with van der Waals surface area (Å²) >= 11 is 0. The molecule has 0 N–H and O–H groups in total. The van der Waals surface area contributed by atoms with Crippen LogP contribution in [0.4, 0.5) is 0 Å². The van der Waals surface area contributed by atoms with Gasteiger partial charge in [0.1, 0.15) is 12.4 Å². The van der Waals surface area contributed by atoms with Gasteiger partial charge in [0.05, 0.1) is 20.8 Å². The van der Waals surface area contributed by atoms with E-state index in [1.807, 2.05) is 49.4 Å². The van der Waals surface area contributed by atoms with Gasteiger partial charge in [-0.3, -0.25) is 4.79 Å². The minimum Gasteiger partial charge on any atom is -0.489 e. The summed E-state index contributed by atoms with van der Waals surface area (Å²) in [5, 5.41) is 0. The van der Waals surface area contributed by atoms with Gasteiger partial charge in [-0.1, -0.05) is 43.7 Å². The smallest absolute Gasteiger partial charge is 0.305 e. The topological polar surface area (TPSA) is 72.5 Å². The molecule has 0 heterocycles. The minimum absolute atomic E-state index is 0.225. The summed E-state index contributed by atoms with van der Waals surface area (Å²) in [6, 6.07) is 19.3. The second-order valence-electron chi connectivity index (χ2n) is 8.33. The van der Waals surface area contributed by atoms with Gasteiger partial charge in [0.2, 0.25) is 0 Å². The Balaban J connectivity index is 1.72. The second-order valence-corrected chi connectivity index (χ2v) is 8.33. The van der Waals surface area contributed by atoms with Gasteiger partial charge in [0.25, 0.3) is 0 Å². The Kier molecular flexibility index (Phi) is 10.6. The molecular weight excluding hydrogens is 460 g/mol. The van der Waals surface area contributed by atoms with Crippen molar-refractivity contribution in [3.8, 4) is 28.4 Å². The van der Waals surface area contributed by atoms with Gasteiger partial charge in [-0.25, -0.2) is 0 Å². The lowest BCUT2D eigenvalue weighted by atomic mass is 9.97.